The molecule has 0 atom stereocenters. The largest absolute Gasteiger partial charge is 0.325 e. The van der Waals surface area contributed by atoms with Crippen molar-refractivity contribution in [2.75, 3.05) is 16.8 Å². The summed E-state index contributed by atoms with van der Waals surface area (Å²) in [5.41, 5.74) is 5.30. The van der Waals surface area contributed by atoms with Gasteiger partial charge in [0.15, 0.2) is 0 Å². The van der Waals surface area contributed by atoms with Crippen LogP contribution in [0.4, 0.5) is 11.4 Å². The van der Waals surface area contributed by atoms with E-state index >= 15 is 0 Å². The van der Waals surface area contributed by atoms with Gasteiger partial charge in [-0.05, 0) is 55.7 Å². The molecule has 0 saturated carbocycles. The molecule has 0 aliphatic carbocycles. The van der Waals surface area contributed by atoms with Gasteiger partial charge < -0.3 is 5.32 Å². The van der Waals surface area contributed by atoms with E-state index in [-0.39, 0.29) is 12.5 Å². The Labute approximate surface area is 130 Å². The van der Waals surface area contributed by atoms with Gasteiger partial charge in [-0.25, -0.2) is 9.89 Å². The molecule has 3 rings (SSSR count). The monoisotopic (exact) mass is 293 g/mol. The molecule has 1 heterocycles. The van der Waals surface area contributed by atoms with Gasteiger partial charge in [-0.2, -0.15) is 0 Å². The van der Waals surface area contributed by atoms with Crippen LogP contribution >= 0.6 is 0 Å². The summed E-state index contributed by atoms with van der Waals surface area (Å²) in [7, 11) is 0. The van der Waals surface area contributed by atoms with Crippen molar-refractivity contribution in [3.63, 3.8) is 0 Å². The van der Waals surface area contributed by atoms with Crippen LogP contribution in [0.2, 0.25) is 0 Å². The molecule has 0 aromatic heterocycles. The lowest BCUT2D eigenvalue weighted by atomic mass is 10.1. The third-order valence-electron chi connectivity index (χ3n) is 3.94. The van der Waals surface area contributed by atoms with E-state index < -0.39 is 0 Å². The second-order valence-corrected chi connectivity index (χ2v) is 5.58. The van der Waals surface area contributed by atoms with Crippen molar-refractivity contribution < 1.29 is 4.79 Å². The van der Waals surface area contributed by atoms with Crippen LogP contribution in [0.15, 0.2) is 47.5 Å². The minimum absolute atomic E-state index is 0.0154. The van der Waals surface area contributed by atoms with E-state index in [9.17, 15) is 4.79 Å². The molecule has 1 N–H and O–H groups in total. The summed E-state index contributed by atoms with van der Waals surface area (Å²) >= 11 is 0. The Morgan fingerprint density at radius 2 is 1.86 bits per heavy atom. The minimum Gasteiger partial charge on any atom is -0.325 e. The Hall–Kier alpha value is -2.62. The van der Waals surface area contributed by atoms with Crippen LogP contribution < -0.4 is 10.2 Å². The van der Waals surface area contributed by atoms with E-state index in [1.165, 1.54) is 5.56 Å². The summed E-state index contributed by atoms with van der Waals surface area (Å²) in [4.78, 5) is 18.2. The summed E-state index contributed by atoms with van der Waals surface area (Å²) in [6.07, 6.45) is 0. The first-order valence-electron chi connectivity index (χ1n) is 7.33. The molecular weight excluding hydrogens is 274 g/mol. The van der Waals surface area contributed by atoms with Gasteiger partial charge in [0, 0.05) is 5.69 Å². The van der Waals surface area contributed by atoms with E-state index in [2.05, 4.69) is 30.2 Å². The molecule has 4 nitrogen and oxygen atoms in total. The van der Waals surface area contributed by atoms with Crippen LogP contribution in [0.3, 0.4) is 0 Å². The van der Waals surface area contributed by atoms with E-state index in [1.54, 1.807) is 4.90 Å². The van der Waals surface area contributed by atoms with Gasteiger partial charge in [0.25, 0.3) is 5.91 Å². The number of carbonyl (C=O) groups excluding carboxylic acids is 1. The summed E-state index contributed by atoms with van der Waals surface area (Å²) < 4.78 is 0. The van der Waals surface area contributed by atoms with Gasteiger partial charge in [0.2, 0.25) is 5.96 Å². The van der Waals surface area contributed by atoms with Crippen LogP contribution in [0, 0.1) is 20.8 Å². The standard InChI is InChI=1S/C18H19N3O/c1-12-6-4-8-15(10-12)21-17(22)11-19-18(21)20-16-9-5-7-13(2)14(16)3/h4-10H,11H2,1-3H3,(H,19,20). The molecule has 2 aromatic rings. The highest BCUT2D eigenvalue weighted by atomic mass is 16.2. The van der Waals surface area contributed by atoms with Crippen molar-refractivity contribution in [2.45, 2.75) is 20.8 Å². The van der Waals surface area contributed by atoms with Crippen LogP contribution in [0.25, 0.3) is 0 Å². The zero-order valence-electron chi connectivity index (χ0n) is 13.1. The first kappa shape index (κ1) is 14.3. The lowest BCUT2D eigenvalue weighted by molar-refractivity contribution is -0.115. The zero-order valence-corrected chi connectivity index (χ0v) is 13.1. The maximum Gasteiger partial charge on any atom is 0.255 e. The fourth-order valence-electron chi connectivity index (χ4n) is 2.54. The number of benzene rings is 2. The average molecular weight is 293 g/mol. The molecule has 0 radical (unpaired) electrons. The van der Waals surface area contributed by atoms with Crippen molar-refractivity contribution in [1.82, 2.24) is 0 Å². The number of aliphatic imine (C=N–C) groups is 1. The summed E-state index contributed by atoms with van der Waals surface area (Å²) in [6.45, 7) is 6.33. The number of nitrogens with zero attached hydrogens (tertiary/aromatic N) is 2. The number of rotatable bonds is 2. The zero-order chi connectivity index (χ0) is 15.7. The number of anilines is 2. The first-order valence-corrected chi connectivity index (χ1v) is 7.33. The lowest BCUT2D eigenvalue weighted by Gasteiger charge is -2.21. The Morgan fingerprint density at radius 1 is 1.09 bits per heavy atom. The van der Waals surface area contributed by atoms with Crippen LogP contribution in [0.5, 0.6) is 0 Å². The predicted molar refractivity (Wildman–Crippen MR) is 90.5 cm³/mol. The normalized spacial score (nSPS) is 14.2. The van der Waals surface area contributed by atoms with E-state index in [0.717, 1.165) is 22.5 Å². The smallest absolute Gasteiger partial charge is 0.255 e. The predicted octanol–water partition coefficient (Wildman–Crippen LogP) is 3.43. The molecule has 1 aliphatic heterocycles. The quantitative estimate of drug-likeness (QED) is 0.922. The van der Waals surface area contributed by atoms with E-state index in [4.69, 9.17) is 0 Å². The number of carbonyl (C=O) groups is 1. The maximum absolute atomic E-state index is 12.2. The first-order chi connectivity index (χ1) is 10.6. The second kappa shape index (κ2) is 5.64. The fourth-order valence-corrected chi connectivity index (χ4v) is 2.54. The molecule has 1 aliphatic rings. The highest BCUT2D eigenvalue weighted by Gasteiger charge is 2.27. The topological polar surface area (TPSA) is 44.7 Å². The number of nitrogens with one attached hydrogen (secondary N) is 1. The highest BCUT2D eigenvalue weighted by molar-refractivity contribution is 6.24. The molecule has 2 aromatic carbocycles. The SMILES string of the molecule is Cc1cccc(N2C(=O)CN=C2Nc2cccc(C)c2C)c1. The summed E-state index contributed by atoms with van der Waals surface area (Å²) in [5.74, 6) is 0.572. The van der Waals surface area contributed by atoms with Crippen molar-refractivity contribution >= 4 is 23.2 Å². The van der Waals surface area contributed by atoms with Crippen LogP contribution in [-0.4, -0.2) is 18.4 Å². The molecule has 22 heavy (non-hydrogen) atoms. The van der Waals surface area contributed by atoms with E-state index in [1.807, 2.05) is 43.3 Å². The summed E-state index contributed by atoms with van der Waals surface area (Å²) in [6, 6.07) is 14.0. The molecule has 1 amide bonds. The van der Waals surface area contributed by atoms with Crippen molar-refractivity contribution in [3.8, 4) is 0 Å². The fraction of sp³-hybridized carbons (Fsp3) is 0.222. The second-order valence-electron chi connectivity index (χ2n) is 5.58. The molecule has 112 valence electrons. The maximum atomic E-state index is 12.2. The lowest BCUT2D eigenvalue weighted by Crippen LogP contribution is -2.37. The highest BCUT2D eigenvalue weighted by Crippen LogP contribution is 2.23. The Kier molecular flexibility index (Phi) is 3.67. The number of guanidine groups is 1. The van der Waals surface area contributed by atoms with Crippen LogP contribution in [0.1, 0.15) is 16.7 Å². The minimum atomic E-state index is -0.0154. The number of amides is 1. The molecule has 0 bridgehead atoms. The van der Waals surface area contributed by atoms with Gasteiger partial charge in [-0.3, -0.25) is 4.79 Å². The van der Waals surface area contributed by atoms with Crippen LogP contribution in [-0.2, 0) is 4.79 Å². The molecule has 0 fully saturated rings. The average Bonchev–Trinajstić information content (AvgIpc) is 2.85. The van der Waals surface area contributed by atoms with Crippen molar-refractivity contribution in [1.29, 1.82) is 0 Å². The van der Waals surface area contributed by atoms with Crippen molar-refractivity contribution in [3.05, 3.63) is 59.2 Å². The summed E-state index contributed by atoms with van der Waals surface area (Å²) in [5, 5.41) is 3.30. The molecule has 4 heteroatoms. The van der Waals surface area contributed by atoms with Gasteiger partial charge in [0.05, 0.1) is 5.69 Å². The Balaban J connectivity index is 1.93. The Morgan fingerprint density at radius 3 is 2.64 bits per heavy atom. The van der Waals surface area contributed by atoms with Crippen molar-refractivity contribution in [2.24, 2.45) is 4.99 Å². The number of aryl methyl sites for hydroxylation is 2. The number of hydrogen-bond acceptors (Lipinski definition) is 3. The number of hydrogen-bond donors (Lipinski definition) is 1. The van der Waals surface area contributed by atoms with Gasteiger partial charge in [-0.15, -0.1) is 0 Å². The Bertz CT molecular complexity index is 765. The van der Waals surface area contributed by atoms with Gasteiger partial charge >= 0.3 is 0 Å². The molecular formula is C18H19N3O. The van der Waals surface area contributed by atoms with Gasteiger partial charge in [0.1, 0.15) is 6.54 Å². The van der Waals surface area contributed by atoms with Gasteiger partial charge in [-0.1, -0.05) is 24.3 Å². The third-order valence-corrected chi connectivity index (χ3v) is 3.94. The van der Waals surface area contributed by atoms with E-state index in [0.29, 0.717) is 5.96 Å². The molecule has 0 unspecified atom stereocenters. The third kappa shape index (κ3) is 2.60. The molecule has 0 saturated heterocycles. The molecule has 0 spiro atoms.